The molecule has 0 spiro atoms. The van der Waals surface area contributed by atoms with Crippen molar-refractivity contribution in [1.29, 1.82) is 0 Å². The minimum Gasteiger partial charge on any atom is -0.370 e. The predicted octanol–water partition coefficient (Wildman–Crippen LogP) is 3.73. The van der Waals surface area contributed by atoms with Crippen molar-refractivity contribution in [3.63, 3.8) is 0 Å². The molecule has 0 unspecified atom stereocenters. The Morgan fingerprint density at radius 2 is 1.63 bits per heavy atom. The Kier molecular flexibility index (Phi) is 4.58. The molecular formula is C17H22N2. The number of nitrogens with zero attached hydrogens (tertiary/aromatic N) is 1. The Labute approximate surface area is 115 Å². The van der Waals surface area contributed by atoms with Crippen LogP contribution < -0.4 is 10.6 Å². The van der Waals surface area contributed by atoms with E-state index in [9.17, 15) is 0 Å². The van der Waals surface area contributed by atoms with E-state index < -0.39 is 0 Å². The van der Waals surface area contributed by atoms with Gasteiger partial charge in [-0.15, -0.1) is 0 Å². The van der Waals surface area contributed by atoms with Gasteiger partial charge < -0.3 is 10.6 Å². The van der Waals surface area contributed by atoms with Crippen molar-refractivity contribution in [3.05, 3.63) is 65.7 Å². The molecular weight excluding hydrogens is 232 g/mol. The zero-order chi connectivity index (χ0) is 13.7. The van der Waals surface area contributed by atoms with E-state index >= 15 is 0 Å². The number of nitrogens with two attached hydrogens (primary N) is 1. The lowest BCUT2D eigenvalue weighted by Crippen LogP contribution is -2.20. The van der Waals surface area contributed by atoms with Crippen LogP contribution >= 0.6 is 0 Å². The molecule has 0 amide bonds. The lowest BCUT2D eigenvalue weighted by molar-refractivity contribution is 0.694. The topological polar surface area (TPSA) is 29.3 Å². The van der Waals surface area contributed by atoms with Crippen LogP contribution in [0.1, 0.15) is 30.5 Å². The van der Waals surface area contributed by atoms with Crippen LogP contribution in [0, 0.1) is 0 Å². The van der Waals surface area contributed by atoms with E-state index in [1.54, 1.807) is 0 Å². The Balaban J connectivity index is 2.21. The number of rotatable bonds is 5. The molecule has 0 aliphatic carbocycles. The summed E-state index contributed by atoms with van der Waals surface area (Å²) in [7, 11) is 2.12. The molecule has 0 radical (unpaired) electrons. The van der Waals surface area contributed by atoms with E-state index in [0.717, 1.165) is 13.0 Å². The summed E-state index contributed by atoms with van der Waals surface area (Å²) < 4.78 is 0. The molecule has 0 saturated heterocycles. The fraction of sp³-hybridized carbons (Fsp3) is 0.294. The largest absolute Gasteiger partial charge is 0.370 e. The highest BCUT2D eigenvalue weighted by molar-refractivity contribution is 5.54. The van der Waals surface area contributed by atoms with Gasteiger partial charge in [-0.25, -0.2) is 0 Å². The summed E-state index contributed by atoms with van der Waals surface area (Å²) >= 11 is 0. The van der Waals surface area contributed by atoms with Crippen molar-refractivity contribution in [3.8, 4) is 0 Å². The first-order valence-electron chi connectivity index (χ1n) is 6.82. The average Bonchev–Trinajstić information content (AvgIpc) is 2.47. The molecule has 2 rings (SSSR count). The summed E-state index contributed by atoms with van der Waals surface area (Å²) in [6.45, 7) is 3.02. The standard InChI is InChI=1S/C17H22N2/c1-3-16(18)15-11-7-8-12-17(15)19(2)13-14-9-5-4-6-10-14/h4-12,16H,3,13,18H2,1-2H3/t16-/m1/s1. The van der Waals surface area contributed by atoms with Gasteiger partial charge in [-0.05, 0) is 23.6 Å². The first-order chi connectivity index (χ1) is 9.22. The average molecular weight is 254 g/mol. The Morgan fingerprint density at radius 1 is 1.00 bits per heavy atom. The maximum atomic E-state index is 6.20. The molecule has 0 aliphatic heterocycles. The zero-order valence-corrected chi connectivity index (χ0v) is 11.7. The Bertz CT molecular complexity index is 508. The molecule has 0 saturated carbocycles. The Hall–Kier alpha value is -1.80. The minimum atomic E-state index is 0.106. The lowest BCUT2D eigenvalue weighted by atomic mass is 10.0. The molecule has 2 aromatic carbocycles. The van der Waals surface area contributed by atoms with Crippen molar-refractivity contribution in [2.75, 3.05) is 11.9 Å². The summed E-state index contributed by atoms with van der Waals surface area (Å²) in [4.78, 5) is 2.26. The molecule has 2 heteroatoms. The minimum absolute atomic E-state index is 0.106. The normalized spacial score (nSPS) is 12.2. The van der Waals surface area contributed by atoms with Crippen LogP contribution in [0.3, 0.4) is 0 Å². The quantitative estimate of drug-likeness (QED) is 0.881. The van der Waals surface area contributed by atoms with Crippen LogP contribution in [0.2, 0.25) is 0 Å². The SMILES string of the molecule is CC[C@@H](N)c1ccccc1N(C)Cc1ccccc1. The van der Waals surface area contributed by atoms with E-state index in [4.69, 9.17) is 5.73 Å². The predicted molar refractivity (Wildman–Crippen MR) is 82.2 cm³/mol. The highest BCUT2D eigenvalue weighted by Crippen LogP contribution is 2.26. The zero-order valence-electron chi connectivity index (χ0n) is 11.7. The molecule has 100 valence electrons. The van der Waals surface area contributed by atoms with E-state index in [0.29, 0.717) is 0 Å². The third kappa shape index (κ3) is 3.36. The van der Waals surface area contributed by atoms with E-state index in [-0.39, 0.29) is 6.04 Å². The van der Waals surface area contributed by atoms with Gasteiger partial charge >= 0.3 is 0 Å². The molecule has 2 N–H and O–H groups in total. The van der Waals surface area contributed by atoms with Crippen molar-refractivity contribution < 1.29 is 0 Å². The maximum Gasteiger partial charge on any atom is 0.0426 e. The lowest BCUT2D eigenvalue weighted by Gasteiger charge is -2.24. The summed E-state index contributed by atoms with van der Waals surface area (Å²) in [6.07, 6.45) is 0.955. The van der Waals surface area contributed by atoms with Crippen LogP contribution in [-0.4, -0.2) is 7.05 Å². The van der Waals surface area contributed by atoms with Crippen LogP contribution in [-0.2, 0) is 6.54 Å². The van der Waals surface area contributed by atoms with E-state index in [1.807, 2.05) is 6.07 Å². The highest BCUT2D eigenvalue weighted by Gasteiger charge is 2.12. The molecule has 2 aromatic rings. The molecule has 0 aromatic heterocycles. The molecule has 0 aliphatic rings. The van der Waals surface area contributed by atoms with Gasteiger partial charge in [0.2, 0.25) is 0 Å². The molecule has 1 atom stereocenters. The number of para-hydroxylation sites is 1. The highest BCUT2D eigenvalue weighted by atomic mass is 15.1. The first kappa shape index (κ1) is 13.6. The van der Waals surface area contributed by atoms with Crippen LogP contribution in [0.4, 0.5) is 5.69 Å². The van der Waals surface area contributed by atoms with Crippen molar-refractivity contribution >= 4 is 5.69 Å². The van der Waals surface area contributed by atoms with Gasteiger partial charge in [-0.1, -0.05) is 55.5 Å². The third-order valence-electron chi connectivity index (χ3n) is 3.45. The number of anilines is 1. The monoisotopic (exact) mass is 254 g/mol. The molecule has 0 fully saturated rings. The van der Waals surface area contributed by atoms with Gasteiger partial charge in [0.15, 0.2) is 0 Å². The third-order valence-corrected chi connectivity index (χ3v) is 3.45. The van der Waals surface area contributed by atoms with Crippen LogP contribution in [0.5, 0.6) is 0 Å². The van der Waals surface area contributed by atoms with E-state index in [2.05, 4.69) is 67.4 Å². The summed E-state index contributed by atoms with van der Waals surface area (Å²) in [5.74, 6) is 0. The molecule has 0 heterocycles. The number of hydrogen-bond donors (Lipinski definition) is 1. The maximum absolute atomic E-state index is 6.20. The van der Waals surface area contributed by atoms with Gasteiger partial charge in [0.1, 0.15) is 0 Å². The van der Waals surface area contributed by atoms with Gasteiger partial charge in [0.25, 0.3) is 0 Å². The Morgan fingerprint density at radius 3 is 2.32 bits per heavy atom. The van der Waals surface area contributed by atoms with Gasteiger partial charge in [0.05, 0.1) is 0 Å². The second-order valence-corrected chi connectivity index (χ2v) is 4.92. The van der Waals surface area contributed by atoms with Crippen molar-refractivity contribution in [2.45, 2.75) is 25.9 Å². The van der Waals surface area contributed by atoms with Crippen LogP contribution in [0.15, 0.2) is 54.6 Å². The van der Waals surface area contributed by atoms with Crippen molar-refractivity contribution in [1.82, 2.24) is 0 Å². The smallest absolute Gasteiger partial charge is 0.0426 e. The fourth-order valence-corrected chi connectivity index (χ4v) is 2.31. The van der Waals surface area contributed by atoms with Crippen LogP contribution in [0.25, 0.3) is 0 Å². The fourth-order valence-electron chi connectivity index (χ4n) is 2.31. The summed E-state index contributed by atoms with van der Waals surface area (Å²) in [5.41, 5.74) is 9.96. The molecule has 0 bridgehead atoms. The summed E-state index contributed by atoms with van der Waals surface area (Å²) in [6, 6.07) is 19.0. The molecule has 19 heavy (non-hydrogen) atoms. The number of benzene rings is 2. The second kappa shape index (κ2) is 6.39. The first-order valence-corrected chi connectivity index (χ1v) is 6.82. The number of hydrogen-bond acceptors (Lipinski definition) is 2. The van der Waals surface area contributed by atoms with Crippen molar-refractivity contribution in [2.24, 2.45) is 5.73 Å². The second-order valence-electron chi connectivity index (χ2n) is 4.92. The van der Waals surface area contributed by atoms with Gasteiger partial charge in [-0.3, -0.25) is 0 Å². The molecule has 2 nitrogen and oxygen atoms in total. The van der Waals surface area contributed by atoms with Gasteiger partial charge in [-0.2, -0.15) is 0 Å². The van der Waals surface area contributed by atoms with E-state index in [1.165, 1.54) is 16.8 Å². The summed E-state index contributed by atoms with van der Waals surface area (Å²) in [5, 5.41) is 0. The van der Waals surface area contributed by atoms with Gasteiger partial charge in [0, 0.05) is 25.3 Å².